The van der Waals surface area contributed by atoms with Gasteiger partial charge in [-0.3, -0.25) is 9.59 Å². The molecule has 0 aromatic rings. The Labute approximate surface area is 100.0 Å². The number of carbonyl (C=O) groups excluding carboxylic acids is 2. The standard InChI is InChI=1S/C10H19N3O4/c1-3-4-7(2)12-10(17)13(5-8(11)14)6-9(15)16/h7H,3-6H2,1-2H3,(H2,11,14)(H,12,17)(H,15,16). The average Bonchev–Trinajstić information content (AvgIpc) is 2.15. The molecular formula is C10H19N3O4. The molecule has 0 aromatic heterocycles. The Morgan fingerprint density at radius 3 is 2.35 bits per heavy atom. The molecule has 0 aliphatic rings. The van der Waals surface area contributed by atoms with Crippen LogP contribution in [-0.4, -0.2) is 47.0 Å². The van der Waals surface area contributed by atoms with E-state index in [1.165, 1.54) is 0 Å². The number of primary amides is 1. The Morgan fingerprint density at radius 1 is 1.35 bits per heavy atom. The number of carbonyl (C=O) groups is 3. The lowest BCUT2D eigenvalue weighted by atomic mass is 10.2. The van der Waals surface area contributed by atoms with Gasteiger partial charge in [-0.1, -0.05) is 13.3 Å². The van der Waals surface area contributed by atoms with E-state index in [0.717, 1.165) is 17.7 Å². The van der Waals surface area contributed by atoms with Crippen LogP contribution >= 0.6 is 0 Å². The molecule has 98 valence electrons. The van der Waals surface area contributed by atoms with Crippen LogP contribution in [0.15, 0.2) is 0 Å². The zero-order valence-corrected chi connectivity index (χ0v) is 10.1. The number of amides is 3. The SMILES string of the molecule is CCCC(C)NC(=O)N(CC(N)=O)CC(=O)O. The number of urea groups is 1. The first kappa shape index (κ1) is 15.2. The Morgan fingerprint density at radius 2 is 1.94 bits per heavy atom. The molecule has 0 fully saturated rings. The summed E-state index contributed by atoms with van der Waals surface area (Å²) in [5.41, 5.74) is 4.94. The van der Waals surface area contributed by atoms with Gasteiger partial charge < -0.3 is 21.1 Å². The van der Waals surface area contributed by atoms with Crippen LogP contribution in [0.4, 0.5) is 4.79 Å². The minimum absolute atomic E-state index is 0.0725. The van der Waals surface area contributed by atoms with Crippen molar-refractivity contribution in [2.24, 2.45) is 5.73 Å². The van der Waals surface area contributed by atoms with Crippen LogP contribution in [0.1, 0.15) is 26.7 Å². The number of aliphatic carboxylic acids is 1. The van der Waals surface area contributed by atoms with Crippen molar-refractivity contribution < 1.29 is 19.5 Å². The number of carboxylic acid groups (broad SMARTS) is 1. The van der Waals surface area contributed by atoms with Gasteiger partial charge in [-0.25, -0.2) is 4.79 Å². The van der Waals surface area contributed by atoms with Gasteiger partial charge in [0.25, 0.3) is 0 Å². The summed E-state index contributed by atoms with van der Waals surface area (Å²) >= 11 is 0. The van der Waals surface area contributed by atoms with E-state index in [4.69, 9.17) is 10.8 Å². The average molecular weight is 245 g/mol. The van der Waals surface area contributed by atoms with E-state index in [2.05, 4.69) is 5.32 Å². The van der Waals surface area contributed by atoms with Gasteiger partial charge in [0.05, 0.1) is 0 Å². The van der Waals surface area contributed by atoms with Crippen LogP contribution in [0.5, 0.6) is 0 Å². The Bertz CT molecular complexity index is 277. The highest BCUT2D eigenvalue weighted by molar-refractivity contribution is 5.85. The fraction of sp³-hybridized carbons (Fsp3) is 0.700. The van der Waals surface area contributed by atoms with Crippen LogP contribution < -0.4 is 11.1 Å². The van der Waals surface area contributed by atoms with Gasteiger partial charge in [-0.2, -0.15) is 0 Å². The number of hydrogen-bond acceptors (Lipinski definition) is 3. The van der Waals surface area contributed by atoms with Crippen molar-refractivity contribution in [3.05, 3.63) is 0 Å². The lowest BCUT2D eigenvalue weighted by Gasteiger charge is -2.22. The van der Waals surface area contributed by atoms with E-state index < -0.39 is 31.0 Å². The first-order valence-electron chi connectivity index (χ1n) is 5.42. The molecule has 0 aliphatic carbocycles. The molecule has 0 saturated carbocycles. The third kappa shape index (κ3) is 7.15. The number of nitrogens with one attached hydrogen (secondary N) is 1. The van der Waals surface area contributed by atoms with Gasteiger partial charge in [0.1, 0.15) is 13.1 Å². The van der Waals surface area contributed by atoms with Crippen molar-refractivity contribution in [1.82, 2.24) is 10.2 Å². The third-order valence-corrected chi connectivity index (χ3v) is 2.05. The Balaban J connectivity index is 4.40. The summed E-state index contributed by atoms with van der Waals surface area (Å²) in [4.78, 5) is 33.8. The van der Waals surface area contributed by atoms with Crippen LogP contribution in [0.3, 0.4) is 0 Å². The normalized spacial score (nSPS) is 11.6. The lowest BCUT2D eigenvalue weighted by Crippen LogP contribution is -2.48. The number of hydrogen-bond donors (Lipinski definition) is 3. The van der Waals surface area contributed by atoms with E-state index in [-0.39, 0.29) is 6.04 Å². The van der Waals surface area contributed by atoms with Crippen molar-refractivity contribution >= 4 is 17.9 Å². The van der Waals surface area contributed by atoms with E-state index in [1.807, 2.05) is 13.8 Å². The fourth-order valence-corrected chi connectivity index (χ4v) is 1.36. The first-order chi connectivity index (χ1) is 7.86. The summed E-state index contributed by atoms with van der Waals surface area (Å²) in [7, 11) is 0. The lowest BCUT2D eigenvalue weighted by molar-refractivity contribution is -0.137. The Hall–Kier alpha value is -1.79. The smallest absolute Gasteiger partial charge is 0.323 e. The van der Waals surface area contributed by atoms with Gasteiger partial charge in [-0.05, 0) is 13.3 Å². The molecule has 7 heteroatoms. The molecule has 0 bridgehead atoms. The van der Waals surface area contributed by atoms with Crippen LogP contribution in [-0.2, 0) is 9.59 Å². The van der Waals surface area contributed by atoms with Gasteiger partial charge in [0.2, 0.25) is 5.91 Å². The highest BCUT2D eigenvalue weighted by Crippen LogP contribution is 1.97. The molecule has 0 rings (SSSR count). The number of rotatable bonds is 7. The summed E-state index contributed by atoms with van der Waals surface area (Å²) in [6, 6.07) is -0.663. The van der Waals surface area contributed by atoms with Gasteiger partial charge >= 0.3 is 12.0 Å². The molecule has 0 heterocycles. The molecule has 3 amide bonds. The van der Waals surface area contributed by atoms with E-state index in [0.29, 0.717) is 0 Å². The summed E-state index contributed by atoms with van der Waals surface area (Å²) in [5, 5.41) is 11.2. The topological polar surface area (TPSA) is 113 Å². The molecule has 1 unspecified atom stereocenters. The summed E-state index contributed by atoms with van der Waals surface area (Å²) in [5.74, 6) is -1.94. The highest BCUT2D eigenvalue weighted by atomic mass is 16.4. The minimum Gasteiger partial charge on any atom is -0.480 e. The molecule has 0 radical (unpaired) electrons. The monoisotopic (exact) mass is 245 g/mol. The zero-order valence-electron chi connectivity index (χ0n) is 10.1. The molecule has 4 N–H and O–H groups in total. The maximum atomic E-state index is 11.6. The number of nitrogens with two attached hydrogens (primary N) is 1. The maximum absolute atomic E-state index is 11.6. The van der Waals surface area contributed by atoms with Crippen LogP contribution in [0, 0.1) is 0 Å². The molecule has 0 aliphatic heterocycles. The predicted octanol–water partition coefficient (Wildman–Crippen LogP) is -0.243. The van der Waals surface area contributed by atoms with E-state index in [9.17, 15) is 14.4 Å². The second-order valence-electron chi connectivity index (χ2n) is 3.86. The number of nitrogens with zero attached hydrogens (tertiary/aromatic N) is 1. The third-order valence-electron chi connectivity index (χ3n) is 2.05. The van der Waals surface area contributed by atoms with Crippen LogP contribution in [0.25, 0.3) is 0 Å². The molecule has 0 spiro atoms. The Kier molecular flexibility index (Phi) is 6.69. The fourth-order valence-electron chi connectivity index (χ4n) is 1.36. The van der Waals surface area contributed by atoms with Gasteiger partial charge in [-0.15, -0.1) is 0 Å². The second kappa shape index (κ2) is 7.48. The largest absolute Gasteiger partial charge is 0.480 e. The second-order valence-corrected chi connectivity index (χ2v) is 3.86. The highest BCUT2D eigenvalue weighted by Gasteiger charge is 2.19. The quantitative estimate of drug-likeness (QED) is 0.574. The summed E-state index contributed by atoms with van der Waals surface area (Å²) in [6.07, 6.45) is 1.68. The van der Waals surface area contributed by atoms with E-state index in [1.54, 1.807) is 0 Å². The zero-order chi connectivity index (χ0) is 13.4. The number of carboxylic acids is 1. The van der Waals surface area contributed by atoms with Crippen molar-refractivity contribution in [1.29, 1.82) is 0 Å². The molecule has 0 saturated heterocycles. The van der Waals surface area contributed by atoms with Gasteiger partial charge in [0, 0.05) is 6.04 Å². The molecular weight excluding hydrogens is 226 g/mol. The molecule has 17 heavy (non-hydrogen) atoms. The predicted molar refractivity (Wildman–Crippen MR) is 61.3 cm³/mol. The van der Waals surface area contributed by atoms with Crippen molar-refractivity contribution in [2.75, 3.05) is 13.1 Å². The summed E-state index contributed by atoms with van der Waals surface area (Å²) in [6.45, 7) is 2.83. The van der Waals surface area contributed by atoms with Gasteiger partial charge in [0.15, 0.2) is 0 Å². The minimum atomic E-state index is -1.19. The van der Waals surface area contributed by atoms with Crippen molar-refractivity contribution in [3.63, 3.8) is 0 Å². The van der Waals surface area contributed by atoms with Crippen LogP contribution in [0.2, 0.25) is 0 Å². The maximum Gasteiger partial charge on any atom is 0.323 e. The van der Waals surface area contributed by atoms with Crippen molar-refractivity contribution in [2.45, 2.75) is 32.7 Å². The molecule has 0 aromatic carbocycles. The molecule has 1 atom stereocenters. The van der Waals surface area contributed by atoms with Crippen molar-refractivity contribution in [3.8, 4) is 0 Å². The summed E-state index contributed by atoms with van der Waals surface area (Å²) < 4.78 is 0. The van der Waals surface area contributed by atoms with E-state index >= 15 is 0 Å². The first-order valence-corrected chi connectivity index (χ1v) is 5.42. The molecule has 7 nitrogen and oxygen atoms in total.